The van der Waals surface area contributed by atoms with Gasteiger partial charge in [-0.15, -0.1) is 0 Å². The number of halogens is 1. The molecule has 0 heterocycles. The largest absolute Gasteiger partial charge is 0.491 e. The number of para-hydroxylation sites is 1. The van der Waals surface area contributed by atoms with Crippen LogP contribution < -0.4 is 9.64 Å². The summed E-state index contributed by atoms with van der Waals surface area (Å²) in [4.78, 5) is 13.5. The Bertz CT molecular complexity index is 670. The molecule has 0 saturated carbocycles. The third kappa shape index (κ3) is 3.64. The lowest BCUT2D eigenvalue weighted by Gasteiger charge is -2.22. The van der Waals surface area contributed by atoms with Crippen LogP contribution in [0.4, 0.5) is 10.1 Å². The molecule has 2 rings (SSSR count). The molecular weight excluding hydrogens is 281 g/mol. The second kappa shape index (κ2) is 7.07. The fraction of sp³-hybridized carbons (Fsp3) is 0.278. The molecule has 2 aromatic rings. The van der Waals surface area contributed by atoms with Crippen molar-refractivity contribution in [3.05, 3.63) is 59.4 Å². The SMILES string of the molecule is CC(=O)c1c(F)cccc1N(C)CCOc1ccccc1C. The maximum absolute atomic E-state index is 13.8. The zero-order valence-corrected chi connectivity index (χ0v) is 13.1. The van der Waals surface area contributed by atoms with Gasteiger partial charge in [0, 0.05) is 7.05 Å². The van der Waals surface area contributed by atoms with Gasteiger partial charge < -0.3 is 9.64 Å². The van der Waals surface area contributed by atoms with Crippen LogP contribution in [0.5, 0.6) is 5.75 Å². The molecule has 0 bridgehead atoms. The molecule has 4 heteroatoms. The van der Waals surface area contributed by atoms with E-state index in [0.29, 0.717) is 18.8 Å². The van der Waals surface area contributed by atoms with Gasteiger partial charge in [-0.1, -0.05) is 24.3 Å². The zero-order valence-electron chi connectivity index (χ0n) is 13.1. The first-order valence-electron chi connectivity index (χ1n) is 7.19. The molecule has 0 fully saturated rings. The Labute approximate surface area is 130 Å². The molecule has 116 valence electrons. The van der Waals surface area contributed by atoms with Gasteiger partial charge in [0.1, 0.15) is 18.2 Å². The lowest BCUT2D eigenvalue weighted by atomic mass is 10.1. The lowest BCUT2D eigenvalue weighted by molar-refractivity contribution is 0.101. The van der Waals surface area contributed by atoms with E-state index in [2.05, 4.69) is 0 Å². The predicted octanol–water partition coefficient (Wildman–Crippen LogP) is 3.85. The van der Waals surface area contributed by atoms with Gasteiger partial charge in [-0.05, 0) is 37.6 Å². The minimum absolute atomic E-state index is 0.126. The lowest BCUT2D eigenvalue weighted by Crippen LogP contribution is -2.25. The summed E-state index contributed by atoms with van der Waals surface area (Å²) in [6.45, 7) is 4.37. The summed E-state index contributed by atoms with van der Waals surface area (Å²) >= 11 is 0. The monoisotopic (exact) mass is 301 g/mol. The van der Waals surface area contributed by atoms with Crippen LogP contribution in [0.25, 0.3) is 0 Å². The van der Waals surface area contributed by atoms with E-state index in [1.54, 1.807) is 12.1 Å². The van der Waals surface area contributed by atoms with E-state index in [9.17, 15) is 9.18 Å². The molecule has 0 atom stereocenters. The molecule has 0 amide bonds. The summed E-state index contributed by atoms with van der Waals surface area (Å²) in [5.74, 6) is 0.0679. The van der Waals surface area contributed by atoms with Crippen LogP contribution in [0.15, 0.2) is 42.5 Å². The van der Waals surface area contributed by atoms with E-state index >= 15 is 0 Å². The van der Waals surface area contributed by atoms with Gasteiger partial charge in [0.15, 0.2) is 5.78 Å². The Morgan fingerprint density at radius 1 is 1.18 bits per heavy atom. The molecule has 0 spiro atoms. The smallest absolute Gasteiger partial charge is 0.164 e. The van der Waals surface area contributed by atoms with Crippen LogP contribution in [0.2, 0.25) is 0 Å². The van der Waals surface area contributed by atoms with E-state index in [0.717, 1.165) is 11.3 Å². The molecule has 0 aliphatic rings. The number of Topliss-reactive ketones (excluding diaryl/α,β-unsaturated/α-hetero) is 1. The molecule has 0 N–H and O–H groups in total. The first kappa shape index (κ1) is 16.0. The quantitative estimate of drug-likeness (QED) is 0.759. The number of anilines is 1. The molecule has 3 nitrogen and oxygen atoms in total. The van der Waals surface area contributed by atoms with Gasteiger partial charge in [0.05, 0.1) is 17.8 Å². The van der Waals surface area contributed by atoms with Gasteiger partial charge in [0.25, 0.3) is 0 Å². The summed E-state index contributed by atoms with van der Waals surface area (Å²) in [7, 11) is 1.82. The normalized spacial score (nSPS) is 10.4. The molecular formula is C18H20FNO2. The minimum atomic E-state index is -0.489. The third-order valence-electron chi connectivity index (χ3n) is 3.53. The first-order valence-corrected chi connectivity index (χ1v) is 7.19. The number of hydrogen-bond acceptors (Lipinski definition) is 3. The maximum Gasteiger partial charge on any atom is 0.164 e. The van der Waals surface area contributed by atoms with Gasteiger partial charge in [-0.2, -0.15) is 0 Å². The Hall–Kier alpha value is -2.36. The van der Waals surface area contributed by atoms with Crippen molar-refractivity contribution >= 4 is 11.5 Å². The molecule has 0 saturated heterocycles. The average molecular weight is 301 g/mol. The highest BCUT2D eigenvalue weighted by atomic mass is 19.1. The highest BCUT2D eigenvalue weighted by Gasteiger charge is 2.15. The van der Waals surface area contributed by atoms with Crippen LogP contribution in [0, 0.1) is 12.7 Å². The average Bonchev–Trinajstić information content (AvgIpc) is 2.48. The summed E-state index contributed by atoms with van der Waals surface area (Å²) in [6, 6.07) is 12.4. The highest BCUT2D eigenvalue weighted by molar-refractivity contribution is 6.00. The van der Waals surface area contributed by atoms with E-state index in [4.69, 9.17) is 4.74 Å². The minimum Gasteiger partial charge on any atom is -0.491 e. The third-order valence-corrected chi connectivity index (χ3v) is 3.53. The summed E-state index contributed by atoms with van der Waals surface area (Å²) in [5, 5.41) is 0. The van der Waals surface area contributed by atoms with Crippen molar-refractivity contribution in [2.45, 2.75) is 13.8 Å². The summed E-state index contributed by atoms with van der Waals surface area (Å²) in [6.07, 6.45) is 0. The van der Waals surface area contributed by atoms with Crippen molar-refractivity contribution in [3.63, 3.8) is 0 Å². The van der Waals surface area contributed by atoms with Crippen molar-refractivity contribution < 1.29 is 13.9 Å². The predicted molar refractivity (Wildman–Crippen MR) is 86.3 cm³/mol. The van der Waals surface area contributed by atoms with Crippen molar-refractivity contribution in [2.24, 2.45) is 0 Å². The standard InChI is InChI=1S/C18H20FNO2/c1-13-7-4-5-10-17(13)22-12-11-20(3)16-9-6-8-15(19)18(16)14(2)21/h4-10H,11-12H2,1-3H3. The summed E-state index contributed by atoms with van der Waals surface area (Å²) in [5.41, 5.74) is 1.78. The van der Waals surface area contributed by atoms with Crippen LogP contribution in [-0.2, 0) is 0 Å². The zero-order chi connectivity index (χ0) is 16.1. The van der Waals surface area contributed by atoms with Crippen molar-refractivity contribution in [1.29, 1.82) is 0 Å². The van der Waals surface area contributed by atoms with E-state index in [-0.39, 0.29) is 11.3 Å². The van der Waals surface area contributed by atoms with E-state index in [1.807, 2.05) is 43.1 Å². The molecule has 2 aromatic carbocycles. The van der Waals surface area contributed by atoms with E-state index < -0.39 is 5.82 Å². The molecule has 0 aromatic heterocycles. The molecule has 0 unspecified atom stereocenters. The number of aryl methyl sites for hydroxylation is 1. The topological polar surface area (TPSA) is 29.5 Å². The Kier molecular flexibility index (Phi) is 5.15. The highest BCUT2D eigenvalue weighted by Crippen LogP contribution is 2.23. The Morgan fingerprint density at radius 2 is 1.91 bits per heavy atom. The number of likely N-dealkylation sites (N-methyl/N-ethyl adjacent to an activating group) is 1. The maximum atomic E-state index is 13.8. The van der Waals surface area contributed by atoms with Crippen molar-refractivity contribution in [2.75, 3.05) is 25.1 Å². The molecule has 22 heavy (non-hydrogen) atoms. The van der Waals surface area contributed by atoms with Crippen molar-refractivity contribution in [3.8, 4) is 5.75 Å². The summed E-state index contributed by atoms with van der Waals surface area (Å²) < 4.78 is 19.6. The Balaban J connectivity index is 2.04. The van der Waals surface area contributed by atoms with Crippen molar-refractivity contribution in [1.82, 2.24) is 0 Å². The number of carbonyl (C=O) groups is 1. The molecule has 0 aliphatic carbocycles. The fourth-order valence-corrected chi connectivity index (χ4v) is 2.31. The van der Waals surface area contributed by atoms with E-state index in [1.165, 1.54) is 13.0 Å². The number of benzene rings is 2. The molecule has 0 aliphatic heterocycles. The number of ketones is 1. The number of nitrogens with zero attached hydrogens (tertiary/aromatic N) is 1. The first-order chi connectivity index (χ1) is 10.5. The van der Waals surface area contributed by atoms with Gasteiger partial charge in [-0.3, -0.25) is 4.79 Å². The number of rotatable bonds is 6. The van der Waals surface area contributed by atoms with Crippen LogP contribution in [0.3, 0.4) is 0 Å². The van der Waals surface area contributed by atoms with Crippen LogP contribution in [0.1, 0.15) is 22.8 Å². The number of carbonyl (C=O) groups excluding carboxylic acids is 1. The number of ether oxygens (including phenoxy) is 1. The molecule has 0 radical (unpaired) electrons. The second-order valence-electron chi connectivity index (χ2n) is 5.23. The fourth-order valence-electron chi connectivity index (χ4n) is 2.31. The van der Waals surface area contributed by atoms with Crippen LogP contribution >= 0.6 is 0 Å². The second-order valence-corrected chi connectivity index (χ2v) is 5.23. The number of hydrogen-bond donors (Lipinski definition) is 0. The van der Waals surface area contributed by atoms with Gasteiger partial charge in [0.2, 0.25) is 0 Å². The van der Waals surface area contributed by atoms with Gasteiger partial charge >= 0.3 is 0 Å². The van der Waals surface area contributed by atoms with Crippen LogP contribution in [-0.4, -0.2) is 26.0 Å². The Morgan fingerprint density at radius 3 is 2.59 bits per heavy atom. The van der Waals surface area contributed by atoms with Gasteiger partial charge in [-0.25, -0.2) is 4.39 Å².